The molecule has 0 radical (unpaired) electrons. The van der Waals surface area contributed by atoms with Crippen LogP contribution in [0, 0.1) is 15.5 Å². The Morgan fingerprint density at radius 3 is 2.12 bits per heavy atom. The summed E-state index contributed by atoms with van der Waals surface area (Å²) in [5.41, 5.74) is 1.08. The van der Waals surface area contributed by atoms with Crippen LogP contribution >= 0.6 is 11.6 Å². The second-order valence-corrected chi connectivity index (χ2v) is 17.9. The van der Waals surface area contributed by atoms with E-state index in [0.29, 0.717) is 16.1 Å². The molecule has 1 unspecified atom stereocenters. The molecule has 2 aromatic rings. The average molecular weight is 494 g/mol. The van der Waals surface area contributed by atoms with E-state index in [1.165, 1.54) is 12.1 Å². The van der Waals surface area contributed by atoms with Gasteiger partial charge in [0.25, 0.3) is 5.69 Å². The van der Waals surface area contributed by atoms with Crippen LogP contribution in [0.5, 0.6) is 0 Å². The maximum Gasteiger partial charge on any atom is 0.269 e. The molecule has 7 nitrogen and oxygen atoms in total. The Kier molecular flexibility index (Phi) is 6.18. The molecule has 10 heteroatoms. The van der Waals surface area contributed by atoms with Crippen LogP contribution < -0.4 is 0 Å². The van der Waals surface area contributed by atoms with Crippen LogP contribution in [-0.4, -0.2) is 42.6 Å². The number of halogens is 1. The van der Waals surface area contributed by atoms with Crippen LogP contribution in [0.4, 0.5) is 5.69 Å². The molecule has 32 heavy (non-hydrogen) atoms. The summed E-state index contributed by atoms with van der Waals surface area (Å²) in [6.45, 7) is 10.4. The molecule has 3 rings (SSSR count). The van der Waals surface area contributed by atoms with Gasteiger partial charge in [0.2, 0.25) is 10.0 Å². The number of sulfonamides is 1. The van der Waals surface area contributed by atoms with Gasteiger partial charge in [-0.1, -0.05) is 69.7 Å². The summed E-state index contributed by atoms with van der Waals surface area (Å²) >= 11 is 5.99. The largest absolute Gasteiger partial charge is 0.303 e. The van der Waals surface area contributed by atoms with E-state index in [1.807, 2.05) is 13.1 Å². The van der Waals surface area contributed by atoms with Gasteiger partial charge in [-0.3, -0.25) is 10.1 Å². The van der Waals surface area contributed by atoms with Gasteiger partial charge in [-0.25, -0.2) is 12.4 Å². The molecular formula is C22H28ClN3O4SSi. The summed E-state index contributed by atoms with van der Waals surface area (Å²) in [7, 11) is -6.25. The third-order valence-corrected chi connectivity index (χ3v) is 16.5. The topological polar surface area (TPSA) is 104 Å². The molecule has 0 bridgehead atoms. The highest BCUT2D eigenvalue weighted by Gasteiger charge is 2.66. The number of non-ortho nitro benzene ring substituents is 1. The Balaban J connectivity index is 2.08. The van der Waals surface area contributed by atoms with Gasteiger partial charge >= 0.3 is 0 Å². The van der Waals surface area contributed by atoms with Crippen molar-refractivity contribution in [3.63, 3.8) is 0 Å². The van der Waals surface area contributed by atoms with Crippen molar-refractivity contribution >= 4 is 41.3 Å². The van der Waals surface area contributed by atoms with Crippen LogP contribution in [0.1, 0.15) is 31.9 Å². The minimum Gasteiger partial charge on any atom is -0.303 e. The number of nitrogens with zero attached hydrogens (tertiary/aromatic N) is 2. The molecule has 1 saturated heterocycles. The Hall–Kier alpha value is -2.07. The van der Waals surface area contributed by atoms with E-state index in [-0.39, 0.29) is 29.4 Å². The summed E-state index contributed by atoms with van der Waals surface area (Å²) in [4.78, 5) is 10.5. The molecule has 0 saturated carbocycles. The van der Waals surface area contributed by atoms with Gasteiger partial charge in [-0.15, -0.1) is 0 Å². The van der Waals surface area contributed by atoms with Gasteiger partial charge in [0.1, 0.15) is 13.0 Å². The fourth-order valence-corrected chi connectivity index (χ4v) is 10.8. The zero-order chi connectivity index (χ0) is 24.1. The molecule has 1 heterocycles. The van der Waals surface area contributed by atoms with E-state index in [2.05, 4.69) is 20.8 Å². The van der Waals surface area contributed by atoms with E-state index in [4.69, 9.17) is 17.0 Å². The number of nitrogens with one attached hydrogen (secondary N) is 1. The highest BCUT2D eigenvalue weighted by molar-refractivity contribution is 7.94. The zero-order valence-corrected chi connectivity index (χ0v) is 21.4. The minimum absolute atomic E-state index is 0.0162. The maximum atomic E-state index is 13.9. The molecule has 1 fully saturated rings. The first kappa shape index (κ1) is 24.6. The van der Waals surface area contributed by atoms with Crippen LogP contribution in [0.3, 0.4) is 0 Å². The number of nitro groups is 1. The molecule has 1 atom stereocenters. The monoisotopic (exact) mass is 493 g/mol. The summed E-state index contributed by atoms with van der Waals surface area (Å²) < 4.78 is 28.0. The van der Waals surface area contributed by atoms with E-state index < -0.39 is 27.9 Å². The van der Waals surface area contributed by atoms with Crippen LogP contribution in [0.25, 0.3) is 0 Å². The molecular weight excluding hydrogens is 466 g/mol. The first-order valence-corrected chi connectivity index (χ1v) is 15.0. The molecule has 0 aliphatic carbocycles. The Labute approximate surface area is 195 Å². The fraction of sp³-hybridized carbons (Fsp3) is 0.409. The van der Waals surface area contributed by atoms with Crippen LogP contribution in [0.2, 0.25) is 23.2 Å². The fourth-order valence-electron chi connectivity index (χ4n) is 3.80. The molecule has 0 aromatic heterocycles. The quantitative estimate of drug-likeness (QED) is 0.257. The molecule has 1 aliphatic rings. The number of hydrogen-bond acceptors (Lipinski definition) is 5. The van der Waals surface area contributed by atoms with Gasteiger partial charge in [-0.05, 0) is 28.3 Å². The molecule has 2 aromatic carbocycles. The maximum absolute atomic E-state index is 13.9. The standard InChI is InChI=1S/C22H28ClN3O4SSi/c1-21(2,3)32(4,5)25-15-22(31(25,29)30,20(24)17-8-10-18(23)11-9-17)14-16-6-12-19(13-7-16)26(27)28/h6-13,24H,14-15H2,1-5H3. The average Bonchev–Trinajstić information content (AvgIpc) is 2.70. The van der Waals surface area contributed by atoms with Crippen molar-refractivity contribution in [2.45, 2.75) is 50.1 Å². The number of benzene rings is 2. The van der Waals surface area contributed by atoms with Crippen molar-refractivity contribution in [2.75, 3.05) is 6.54 Å². The van der Waals surface area contributed by atoms with Gasteiger partial charge in [0.05, 0.1) is 10.6 Å². The highest BCUT2D eigenvalue weighted by Crippen LogP contribution is 2.49. The Morgan fingerprint density at radius 2 is 1.69 bits per heavy atom. The third-order valence-electron chi connectivity index (χ3n) is 6.87. The lowest BCUT2D eigenvalue weighted by Crippen LogP contribution is -2.77. The Morgan fingerprint density at radius 1 is 1.16 bits per heavy atom. The van der Waals surface area contributed by atoms with Crippen LogP contribution in [-0.2, 0) is 16.4 Å². The van der Waals surface area contributed by atoms with E-state index in [0.717, 1.165) is 0 Å². The van der Waals surface area contributed by atoms with E-state index in [1.54, 1.807) is 40.4 Å². The summed E-state index contributed by atoms with van der Waals surface area (Å²) in [5, 5.41) is 20.2. The number of hydrogen-bond donors (Lipinski definition) is 1. The first-order chi connectivity index (χ1) is 14.6. The molecule has 1 N–H and O–H groups in total. The molecule has 1 aliphatic heterocycles. The first-order valence-electron chi connectivity index (χ1n) is 10.2. The molecule has 172 valence electrons. The number of rotatable bonds is 6. The summed E-state index contributed by atoms with van der Waals surface area (Å²) in [6, 6.07) is 12.5. The third kappa shape index (κ3) is 3.91. The van der Waals surface area contributed by atoms with Crippen molar-refractivity contribution in [2.24, 2.45) is 0 Å². The second-order valence-electron chi connectivity index (χ2n) is 9.80. The zero-order valence-electron chi connectivity index (χ0n) is 18.8. The molecule has 0 amide bonds. The summed E-state index contributed by atoms with van der Waals surface area (Å²) in [6.07, 6.45) is 0.0694. The van der Waals surface area contributed by atoms with Crippen molar-refractivity contribution in [3.8, 4) is 0 Å². The van der Waals surface area contributed by atoms with Gasteiger partial charge in [0.15, 0.2) is 0 Å². The lowest BCUT2D eigenvalue weighted by atomic mass is 9.89. The lowest BCUT2D eigenvalue weighted by molar-refractivity contribution is -0.384. The predicted octanol–water partition coefficient (Wildman–Crippen LogP) is 5.25. The highest BCUT2D eigenvalue weighted by atomic mass is 35.5. The van der Waals surface area contributed by atoms with Gasteiger partial charge in [0, 0.05) is 30.1 Å². The summed E-state index contributed by atoms with van der Waals surface area (Å²) in [5.74, 6) is 0. The van der Waals surface area contributed by atoms with Gasteiger partial charge < -0.3 is 5.41 Å². The normalized spacial score (nSPS) is 21.1. The van der Waals surface area contributed by atoms with Gasteiger partial charge in [-0.2, -0.15) is 0 Å². The van der Waals surface area contributed by atoms with Crippen molar-refractivity contribution in [1.29, 1.82) is 5.41 Å². The Bertz CT molecular complexity index is 1160. The van der Waals surface area contributed by atoms with E-state index >= 15 is 0 Å². The predicted molar refractivity (Wildman–Crippen MR) is 131 cm³/mol. The number of nitro benzene ring substituents is 1. The lowest BCUT2D eigenvalue weighted by Gasteiger charge is -2.58. The second kappa shape index (κ2) is 8.05. The minimum atomic E-state index is -3.84. The van der Waals surface area contributed by atoms with Crippen LogP contribution in [0.15, 0.2) is 48.5 Å². The van der Waals surface area contributed by atoms with Crippen molar-refractivity contribution in [1.82, 2.24) is 3.97 Å². The van der Waals surface area contributed by atoms with E-state index in [9.17, 15) is 18.5 Å². The smallest absolute Gasteiger partial charge is 0.269 e. The van der Waals surface area contributed by atoms with Crippen molar-refractivity contribution in [3.05, 3.63) is 74.8 Å². The SMILES string of the molecule is CC(C)(C)[Si](C)(C)N1CC(Cc2ccc([N+](=O)[O-])cc2)(C(=N)c2ccc(Cl)cc2)S1(=O)=O. The van der Waals surface area contributed by atoms with Crippen molar-refractivity contribution < 1.29 is 13.3 Å². The molecule has 0 spiro atoms.